The molecule has 2 saturated heterocycles. The van der Waals surface area contributed by atoms with E-state index in [-0.39, 0.29) is 11.9 Å². The van der Waals surface area contributed by atoms with E-state index in [4.69, 9.17) is 5.10 Å². The topological polar surface area (TPSA) is 95.4 Å². The smallest absolute Gasteiger partial charge is 0.319 e. The molecule has 0 saturated carbocycles. The molecule has 0 atom stereocenters. The van der Waals surface area contributed by atoms with Crippen LogP contribution >= 0.6 is 0 Å². The first-order valence-electron chi connectivity index (χ1n) is 14.2. The average molecular weight is 538 g/mol. The van der Waals surface area contributed by atoms with Gasteiger partial charge in [0.2, 0.25) is 0 Å². The zero-order valence-corrected chi connectivity index (χ0v) is 22.6. The fraction of sp³-hybridized carbons (Fsp3) is 0.355. The normalized spacial score (nSPS) is 16.6. The lowest BCUT2D eigenvalue weighted by Gasteiger charge is -2.40. The van der Waals surface area contributed by atoms with Gasteiger partial charge in [-0.05, 0) is 80.7 Å². The molecule has 2 fully saturated rings. The van der Waals surface area contributed by atoms with Crippen LogP contribution in [0.5, 0.6) is 0 Å². The fourth-order valence-electron chi connectivity index (χ4n) is 5.83. The van der Waals surface area contributed by atoms with Gasteiger partial charge in [-0.3, -0.25) is 9.78 Å². The van der Waals surface area contributed by atoms with Crippen molar-refractivity contribution in [3.05, 3.63) is 84.3 Å². The van der Waals surface area contributed by atoms with Gasteiger partial charge < -0.3 is 20.4 Å². The molecule has 2 aromatic carbocycles. The van der Waals surface area contributed by atoms with Crippen LogP contribution in [0.25, 0.3) is 16.6 Å². The first-order valence-corrected chi connectivity index (χ1v) is 14.2. The van der Waals surface area contributed by atoms with E-state index in [2.05, 4.69) is 20.5 Å². The number of carbonyl (C=O) groups excluding carboxylic acids is 2. The third kappa shape index (κ3) is 5.70. The second-order valence-electron chi connectivity index (χ2n) is 10.6. The molecule has 0 spiro atoms. The number of anilines is 1. The summed E-state index contributed by atoms with van der Waals surface area (Å²) in [7, 11) is 0. The summed E-state index contributed by atoms with van der Waals surface area (Å²) in [4.78, 5) is 34.7. The molecule has 2 aromatic heterocycles. The summed E-state index contributed by atoms with van der Waals surface area (Å²) in [6, 6.07) is 19.4. The minimum Gasteiger partial charge on any atom is -0.337 e. The Kier molecular flexibility index (Phi) is 7.72. The van der Waals surface area contributed by atoms with Gasteiger partial charge >= 0.3 is 6.03 Å². The molecule has 4 aromatic rings. The van der Waals surface area contributed by atoms with Crippen LogP contribution in [0.4, 0.5) is 10.5 Å². The van der Waals surface area contributed by atoms with Crippen LogP contribution in [0.3, 0.4) is 0 Å². The highest BCUT2D eigenvalue weighted by atomic mass is 16.2. The third-order valence-electron chi connectivity index (χ3n) is 7.99. The SMILES string of the molecule is O=C(NCc1cccnc1)Nc1ccc(-n2nc(C(=O)N3CCC(N4CCCCC4)CC3)c3ccccc32)cc1. The van der Waals surface area contributed by atoms with E-state index in [9.17, 15) is 9.59 Å². The molecular weight excluding hydrogens is 502 g/mol. The molecule has 3 amide bonds. The van der Waals surface area contributed by atoms with Crippen molar-refractivity contribution >= 4 is 28.5 Å². The molecule has 6 rings (SSSR count). The second-order valence-corrected chi connectivity index (χ2v) is 10.6. The van der Waals surface area contributed by atoms with E-state index >= 15 is 0 Å². The van der Waals surface area contributed by atoms with Crippen molar-refractivity contribution < 1.29 is 9.59 Å². The predicted molar refractivity (Wildman–Crippen MR) is 156 cm³/mol. The van der Waals surface area contributed by atoms with Gasteiger partial charge in [0.15, 0.2) is 5.69 Å². The number of nitrogens with one attached hydrogen (secondary N) is 2. The van der Waals surface area contributed by atoms with Crippen molar-refractivity contribution in [1.29, 1.82) is 0 Å². The second kappa shape index (κ2) is 11.9. The van der Waals surface area contributed by atoms with E-state index < -0.39 is 0 Å². The maximum Gasteiger partial charge on any atom is 0.319 e. The zero-order chi connectivity index (χ0) is 27.3. The lowest BCUT2D eigenvalue weighted by atomic mass is 9.99. The number of pyridine rings is 1. The van der Waals surface area contributed by atoms with E-state index in [1.165, 1.54) is 32.4 Å². The molecule has 0 bridgehead atoms. The summed E-state index contributed by atoms with van der Waals surface area (Å²) in [5.41, 5.74) is 3.78. The Morgan fingerprint density at radius 3 is 2.40 bits per heavy atom. The summed E-state index contributed by atoms with van der Waals surface area (Å²) in [6.45, 7) is 4.31. The number of hydrogen-bond acceptors (Lipinski definition) is 5. The van der Waals surface area contributed by atoms with Crippen molar-refractivity contribution in [1.82, 2.24) is 29.9 Å². The number of nitrogens with zero attached hydrogens (tertiary/aromatic N) is 5. The molecule has 40 heavy (non-hydrogen) atoms. The number of piperidine rings is 2. The molecule has 2 aliphatic rings. The molecule has 2 N–H and O–H groups in total. The highest BCUT2D eigenvalue weighted by Crippen LogP contribution is 2.26. The van der Waals surface area contributed by atoms with Crippen LogP contribution in [-0.2, 0) is 6.54 Å². The largest absolute Gasteiger partial charge is 0.337 e. The summed E-state index contributed by atoms with van der Waals surface area (Å²) >= 11 is 0. The molecule has 0 unspecified atom stereocenters. The Hall–Kier alpha value is -4.24. The number of urea groups is 1. The first-order chi connectivity index (χ1) is 19.7. The minimum atomic E-state index is -0.293. The van der Waals surface area contributed by atoms with Crippen LogP contribution in [0.15, 0.2) is 73.1 Å². The molecule has 206 valence electrons. The average Bonchev–Trinajstić information content (AvgIpc) is 3.41. The molecule has 0 aliphatic carbocycles. The molecule has 9 nitrogen and oxygen atoms in total. The number of aromatic nitrogens is 3. The molecular formula is C31H35N7O2. The highest BCUT2D eigenvalue weighted by molar-refractivity contribution is 6.05. The maximum atomic E-state index is 13.7. The Balaban J connectivity index is 1.13. The Morgan fingerprint density at radius 1 is 0.875 bits per heavy atom. The van der Waals surface area contributed by atoms with Gasteiger partial charge in [-0.2, -0.15) is 5.10 Å². The van der Waals surface area contributed by atoms with Crippen molar-refractivity contribution in [2.45, 2.75) is 44.7 Å². The van der Waals surface area contributed by atoms with Crippen molar-refractivity contribution in [3.8, 4) is 5.69 Å². The number of rotatable bonds is 6. The maximum absolute atomic E-state index is 13.7. The van der Waals surface area contributed by atoms with Gasteiger partial charge in [0.1, 0.15) is 0 Å². The van der Waals surface area contributed by atoms with E-state index in [1.807, 2.05) is 70.2 Å². The van der Waals surface area contributed by atoms with Crippen LogP contribution in [0.1, 0.15) is 48.2 Å². The van der Waals surface area contributed by atoms with Crippen molar-refractivity contribution in [2.75, 3.05) is 31.5 Å². The van der Waals surface area contributed by atoms with E-state index in [0.717, 1.165) is 48.1 Å². The monoisotopic (exact) mass is 537 g/mol. The van der Waals surface area contributed by atoms with Gasteiger partial charge in [0.05, 0.1) is 11.2 Å². The zero-order valence-electron chi connectivity index (χ0n) is 22.6. The number of likely N-dealkylation sites (tertiary alicyclic amines) is 2. The van der Waals surface area contributed by atoms with Crippen LogP contribution in [0.2, 0.25) is 0 Å². The predicted octanol–water partition coefficient (Wildman–Crippen LogP) is 4.83. The lowest BCUT2D eigenvalue weighted by Crippen LogP contribution is -2.48. The van der Waals surface area contributed by atoms with Gasteiger partial charge in [-0.15, -0.1) is 0 Å². The standard InChI is InChI=1S/C31H35N7O2/c39-30(37-19-14-25(15-20-37)36-17-4-1-5-18-36)29-27-8-2-3-9-28(27)38(35-29)26-12-10-24(11-13-26)34-31(40)33-22-23-7-6-16-32-21-23/h2-3,6-13,16,21,25H,1,4-5,14-15,17-20,22H2,(H2,33,34,40). The van der Waals surface area contributed by atoms with Gasteiger partial charge in [0.25, 0.3) is 5.91 Å². The number of amides is 3. The summed E-state index contributed by atoms with van der Waals surface area (Å²) in [6.07, 6.45) is 9.39. The summed E-state index contributed by atoms with van der Waals surface area (Å²) in [5, 5.41) is 11.3. The first kappa shape index (κ1) is 26.0. The fourth-order valence-corrected chi connectivity index (χ4v) is 5.83. The van der Waals surface area contributed by atoms with Gasteiger partial charge in [-0.25, -0.2) is 9.48 Å². The van der Waals surface area contributed by atoms with Crippen LogP contribution < -0.4 is 10.6 Å². The van der Waals surface area contributed by atoms with Crippen molar-refractivity contribution in [3.63, 3.8) is 0 Å². The van der Waals surface area contributed by atoms with Crippen LogP contribution in [0, 0.1) is 0 Å². The van der Waals surface area contributed by atoms with Crippen LogP contribution in [-0.4, -0.2) is 68.7 Å². The molecule has 2 aliphatic heterocycles. The number of fused-ring (bicyclic) bond motifs is 1. The van der Waals surface area contributed by atoms with Crippen molar-refractivity contribution in [2.24, 2.45) is 0 Å². The Bertz CT molecular complexity index is 1450. The number of hydrogen-bond donors (Lipinski definition) is 2. The summed E-state index contributed by atoms with van der Waals surface area (Å²) < 4.78 is 1.81. The molecule has 0 radical (unpaired) electrons. The van der Waals surface area contributed by atoms with Gasteiger partial charge in [0, 0.05) is 49.1 Å². The molecule has 4 heterocycles. The lowest BCUT2D eigenvalue weighted by molar-refractivity contribution is 0.0586. The van der Waals surface area contributed by atoms with Gasteiger partial charge in [-0.1, -0.05) is 30.7 Å². The molecule has 9 heteroatoms. The number of benzene rings is 2. The minimum absolute atomic E-state index is 0.00406. The van der Waals surface area contributed by atoms with E-state index in [1.54, 1.807) is 12.4 Å². The third-order valence-corrected chi connectivity index (χ3v) is 7.99. The number of para-hydroxylation sites is 1. The van der Waals surface area contributed by atoms with E-state index in [0.29, 0.717) is 24.0 Å². The number of carbonyl (C=O) groups is 2. The Labute approximate surface area is 234 Å². The summed E-state index contributed by atoms with van der Waals surface area (Å²) in [5.74, 6) is -0.00406. The highest BCUT2D eigenvalue weighted by Gasteiger charge is 2.30. The Morgan fingerprint density at radius 2 is 1.65 bits per heavy atom. The quantitative estimate of drug-likeness (QED) is 0.367.